The first-order valence-corrected chi connectivity index (χ1v) is 6.30. The number of rotatable bonds is 3. The van der Waals surface area contributed by atoms with Crippen LogP contribution in [-0.2, 0) is 0 Å². The predicted molar refractivity (Wildman–Crippen MR) is 74.9 cm³/mol. The monoisotopic (exact) mass is 277 g/mol. The highest BCUT2D eigenvalue weighted by Gasteiger charge is 2.20. The molecule has 1 unspecified atom stereocenters. The van der Waals surface area contributed by atoms with Crippen LogP contribution in [0.15, 0.2) is 30.3 Å². The van der Waals surface area contributed by atoms with Crippen molar-refractivity contribution in [3.05, 3.63) is 64.2 Å². The predicted octanol–water partition coefficient (Wildman–Crippen LogP) is 3.64. The fourth-order valence-corrected chi connectivity index (χ4v) is 2.14. The van der Waals surface area contributed by atoms with Crippen LogP contribution in [0.1, 0.15) is 28.3 Å². The number of halogens is 2. The Labute approximate surface area is 117 Å². The zero-order valence-electron chi connectivity index (χ0n) is 11.7. The van der Waals surface area contributed by atoms with E-state index in [1.807, 2.05) is 19.1 Å². The van der Waals surface area contributed by atoms with Gasteiger partial charge in [0.2, 0.25) is 0 Å². The Kier molecular flexibility index (Phi) is 4.04. The van der Waals surface area contributed by atoms with Crippen molar-refractivity contribution in [1.29, 1.82) is 0 Å². The van der Waals surface area contributed by atoms with Crippen LogP contribution in [-0.4, -0.2) is 7.11 Å². The summed E-state index contributed by atoms with van der Waals surface area (Å²) in [6.07, 6.45) is 0. The maximum atomic E-state index is 14.0. The summed E-state index contributed by atoms with van der Waals surface area (Å²) >= 11 is 0. The third-order valence-electron chi connectivity index (χ3n) is 3.36. The quantitative estimate of drug-likeness (QED) is 0.929. The van der Waals surface area contributed by atoms with Gasteiger partial charge in [0.1, 0.15) is 5.75 Å². The first-order valence-electron chi connectivity index (χ1n) is 6.30. The van der Waals surface area contributed by atoms with E-state index in [9.17, 15) is 8.78 Å². The molecule has 20 heavy (non-hydrogen) atoms. The third-order valence-corrected chi connectivity index (χ3v) is 3.36. The SMILES string of the molecule is COc1cc(C)ccc1C(N)c1ccc(C)c(F)c1F. The Morgan fingerprint density at radius 1 is 1.00 bits per heavy atom. The molecule has 0 fully saturated rings. The second-order valence-electron chi connectivity index (χ2n) is 4.82. The molecule has 0 saturated heterocycles. The number of nitrogens with two attached hydrogens (primary N) is 1. The summed E-state index contributed by atoms with van der Waals surface area (Å²) < 4.78 is 32.9. The van der Waals surface area contributed by atoms with Gasteiger partial charge in [-0.1, -0.05) is 24.3 Å². The first kappa shape index (κ1) is 14.5. The van der Waals surface area contributed by atoms with E-state index in [2.05, 4.69) is 0 Å². The molecule has 0 spiro atoms. The summed E-state index contributed by atoms with van der Waals surface area (Å²) in [5.74, 6) is -1.19. The van der Waals surface area contributed by atoms with E-state index in [-0.39, 0.29) is 11.1 Å². The number of hydrogen-bond donors (Lipinski definition) is 1. The van der Waals surface area contributed by atoms with Gasteiger partial charge in [0.15, 0.2) is 11.6 Å². The molecule has 0 radical (unpaired) electrons. The Morgan fingerprint density at radius 3 is 2.30 bits per heavy atom. The molecule has 0 aliphatic carbocycles. The highest BCUT2D eigenvalue weighted by molar-refractivity contribution is 5.44. The number of methoxy groups -OCH3 is 1. The van der Waals surface area contributed by atoms with Crippen LogP contribution in [0, 0.1) is 25.5 Å². The van der Waals surface area contributed by atoms with Crippen LogP contribution in [0.4, 0.5) is 8.78 Å². The van der Waals surface area contributed by atoms with Crippen molar-refractivity contribution in [2.45, 2.75) is 19.9 Å². The van der Waals surface area contributed by atoms with Crippen LogP contribution in [0.2, 0.25) is 0 Å². The molecule has 106 valence electrons. The number of ether oxygens (including phenoxy) is 1. The van der Waals surface area contributed by atoms with Crippen LogP contribution >= 0.6 is 0 Å². The van der Waals surface area contributed by atoms with Gasteiger partial charge in [0, 0.05) is 11.1 Å². The third kappa shape index (κ3) is 2.51. The zero-order valence-corrected chi connectivity index (χ0v) is 11.7. The van der Waals surface area contributed by atoms with E-state index < -0.39 is 17.7 Å². The van der Waals surface area contributed by atoms with E-state index >= 15 is 0 Å². The van der Waals surface area contributed by atoms with E-state index in [0.29, 0.717) is 11.3 Å². The van der Waals surface area contributed by atoms with Gasteiger partial charge in [-0.3, -0.25) is 0 Å². The minimum Gasteiger partial charge on any atom is -0.496 e. The lowest BCUT2D eigenvalue weighted by Crippen LogP contribution is -2.16. The van der Waals surface area contributed by atoms with Crippen LogP contribution in [0.25, 0.3) is 0 Å². The van der Waals surface area contributed by atoms with Gasteiger partial charge in [0.05, 0.1) is 13.2 Å². The van der Waals surface area contributed by atoms with E-state index in [1.54, 1.807) is 6.07 Å². The van der Waals surface area contributed by atoms with Gasteiger partial charge in [-0.05, 0) is 31.0 Å². The molecule has 2 aromatic rings. The van der Waals surface area contributed by atoms with Crippen molar-refractivity contribution >= 4 is 0 Å². The minimum atomic E-state index is -0.903. The van der Waals surface area contributed by atoms with Gasteiger partial charge in [-0.25, -0.2) is 8.78 Å². The summed E-state index contributed by atoms with van der Waals surface area (Å²) in [6, 6.07) is 7.71. The molecular formula is C16H17F2NO. The molecule has 1 atom stereocenters. The van der Waals surface area contributed by atoms with Crippen LogP contribution in [0.3, 0.4) is 0 Å². The molecule has 0 heterocycles. The average Bonchev–Trinajstić information content (AvgIpc) is 2.44. The standard InChI is InChI=1S/C16H17F2NO/c1-9-4-6-11(13(8-9)20-3)16(19)12-7-5-10(2)14(17)15(12)18/h4-8,16H,19H2,1-3H3. The highest BCUT2D eigenvalue weighted by atomic mass is 19.2. The average molecular weight is 277 g/mol. The van der Waals surface area contributed by atoms with Crippen LogP contribution in [0.5, 0.6) is 5.75 Å². The lowest BCUT2D eigenvalue weighted by molar-refractivity contribution is 0.406. The van der Waals surface area contributed by atoms with Gasteiger partial charge >= 0.3 is 0 Å². The number of aryl methyl sites for hydroxylation is 2. The molecule has 2 nitrogen and oxygen atoms in total. The molecule has 0 bridgehead atoms. The maximum absolute atomic E-state index is 14.0. The summed E-state index contributed by atoms with van der Waals surface area (Å²) in [4.78, 5) is 0. The summed E-state index contributed by atoms with van der Waals surface area (Å²) in [6.45, 7) is 3.43. The molecule has 0 amide bonds. The molecule has 0 saturated carbocycles. The summed E-state index contributed by atoms with van der Waals surface area (Å²) in [7, 11) is 1.52. The van der Waals surface area contributed by atoms with Gasteiger partial charge in [-0.2, -0.15) is 0 Å². The molecule has 0 aliphatic rings. The lowest BCUT2D eigenvalue weighted by atomic mass is 9.96. The highest BCUT2D eigenvalue weighted by Crippen LogP contribution is 2.31. The number of hydrogen-bond acceptors (Lipinski definition) is 2. The Morgan fingerprint density at radius 2 is 1.65 bits per heavy atom. The van der Waals surface area contributed by atoms with Crippen molar-refractivity contribution < 1.29 is 13.5 Å². The first-order chi connectivity index (χ1) is 9.45. The maximum Gasteiger partial charge on any atom is 0.164 e. The van der Waals surface area contributed by atoms with E-state index in [4.69, 9.17) is 10.5 Å². The van der Waals surface area contributed by atoms with Crippen LogP contribution < -0.4 is 10.5 Å². The Bertz CT molecular complexity index is 641. The van der Waals surface area contributed by atoms with E-state index in [0.717, 1.165) is 5.56 Å². The van der Waals surface area contributed by atoms with Crippen molar-refractivity contribution in [3.63, 3.8) is 0 Å². The molecule has 0 aromatic heterocycles. The molecule has 2 aromatic carbocycles. The lowest BCUT2D eigenvalue weighted by Gasteiger charge is -2.18. The van der Waals surface area contributed by atoms with Crippen molar-refractivity contribution in [3.8, 4) is 5.75 Å². The number of benzene rings is 2. The fourth-order valence-electron chi connectivity index (χ4n) is 2.14. The molecule has 0 aliphatic heterocycles. The van der Waals surface area contributed by atoms with Crippen molar-refractivity contribution in [1.82, 2.24) is 0 Å². The summed E-state index contributed by atoms with van der Waals surface area (Å²) in [5, 5.41) is 0. The zero-order chi connectivity index (χ0) is 14.9. The minimum absolute atomic E-state index is 0.121. The topological polar surface area (TPSA) is 35.2 Å². The molecular weight excluding hydrogens is 260 g/mol. The Hall–Kier alpha value is -1.94. The van der Waals surface area contributed by atoms with Gasteiger partial charge in [0.25, 0.3) is 0 Å². The normalized spacial score (nSPS) is 12.3. The van der Waals surface area contributed by atoms with Crippen molar-refractivity contribution in [2.24, 2.45) is 5.73 Å². The smallest absolute Gasteiger partial charge is 0.164 e. The molecule has 4 heteroatoms. The van der Waals surface area contributed by atoms with Crippen molar-refractivity contribution in [2.75, 3.05) is 7.11 Å². The fraction of sp³-hybridized carbons (Fsp3) is 0.250. The summed E-state index contributed by atoms with van der Waals surface area (Å²) in [5.41, 5.74) is 8.09. The largest absolute Gasteiger partial charge is 0.496 e. The van der Waals surface area contributed by atoms with Gasteiger partial charge < -0.3 is 10.5 Å². The second kappa shape index (κ2) is 5.59. The molecule has 2 N–H and O–H groups in total. The second-order valence-corrected chi connectivity index (χ2v) is 4.82. The van der Waals surface area contributed by atoms with E-state index in [1.165, 1.54) is 26.2 Å². The molecule has 2 rings (SSSR count). The van der Waals surface area contributed by atoms with Gasteiger partial charge in [-0.15, -0.1) is 0 Å². The Balaban J connectivity index is 2.52.